The molecule has 0 bridgehead atoms. The highest BCUT2D eigenvalue weighted by Crippen LogP contribution is 2.65. The van der Waals surface area contributed by atoms with E-state index in [1.165, 1.54) is 0 Å². The van der Waals surface area contributed by atoms with E-state index in [2.05, 4.69) is 31.3 Å². The topological polar surface area (TPSA) is 73.2 Å². The Kier molecular flexibility index (Phi) is 4.64. The van der Waals surface area contributed by atoms with Crippen LogP contribution in [0.15, 0.2) is 12.2 Å². The van der Waals surface area contributed by atoms with Crippen molar-refractivity contribution in [2.24, 2.45) is 34.5 Å². The van der Waals surface area contributed by atoms with Crippen LogP contribution in [0.3, 0.4) is 0 Å². The van der Waals surface area contributed by atoms with Gasteiger partial charge in [-0.3, -0.25) is 9.59 Å². The van der Waals surface area contributed by atoms with Crippen molar-refractivity contribution in [2.75, 3.05) is 7.05 Å². The summed E-state index contributed by atoms with van der Waals surface area (Å²) in [5, 5.41) is 12.3. The predicted octanol–water partition coefficient (Wildman–Crippen LogP) is 3.66. The van der Waals surface area contributed by atoms with Gasteiger partial charge in [-0.15, -0.1) is 0 Å². The highest BCUT2D eigenvalue weighted by molar-refractivity contribution is 5.89. The van der Waals surface area contributed by atoms with Crippen LogP contribution in [0.25, 0.3) is 0 Å². The quantitative estimate of drug-likeness (QED) is 0.773. The fourth-order valence-corrected chi connectivity index (χ4v) is 7.59. The minimum atomic E-state index is -0.821. The van der Waals surface area contributed by atoms with E-state index in [9.17, 15) is 14.9 Å². The number of likely N-dealkylation sites (N-methyl/N-ethyl adjacent to an activating group) is 1. The summed E-state index contributed by atoms with van der Waals surface area (Å²) < 4.78 is 0. The van der Waals surface area contributed by atoms with Crippen LogP contribution in [0.1, 0.15) is 66.2 Å². The summed E-state index contributed by atoms with van der Waals surface area (Å²) in [6, 6.07) is 2.49. The summed E-state index contributed by atoms with van der Waals surface area (Å²) in [4.78, 5) is 27.3. The van der Waals surface area contributed by atoms with Crippen molar-refractivity contribution in [3.05, 3.63) is 12.2 Å². The average molecular weight is 398 g/mol. The number of nitriles is 1. The number of hydrogen-bond acceptors (Lipinski definition) is 3. The van der Waals surface area contributed by atoms with E-state index in [0.29, 0.717) is 23.8 Å². The number of nitrogens with one attached hydrogen (secondary N) is 1. The third kappa shape index (κ3) is 2.94. The molecule has 7 atom stereocenters. The van der Waals surface area contributed by atoms with E-state index < -0.39 is 5.54 Å². The van der Waals surface area contributed by atoms with E-state index in [1.54, 1.807) is 19.9 Å². The second-order valence-electron chi connectivity index (χ2n) is 11.0. The van der Waals surface area contributed by atoms with Gasteiger partial charge in [-0.25, -0.2) is 0 Å². The number of amides is 2. The summed E-state index contributed by atoms with van der Waals surface area (Å²) in [5.74, 6) is 1.92. The summed E-state index contributed by atoms with van der Waals surface area (Å²) in [5.41, 5.74) is -0.769. The number of nitrogens with zero attached hydrogens (tertiary/aromatic N) is 2. The van der Waals surface area contributed by atoms with Gasteiger partial charge in [0.2, 0.25) is 11.8 Å². The Hall–Kier alpha value is -1.83. The molecule has 4 rings (SSSR count). The molecule has 3 aliphatic carbocycles. The molecule has 0 aromatic rings. The lowest BCUT2D eigenvalue weighted by Crippen LogP contribution is -2.60. The Balaban J connectivity index is 1.58. The molecule has 1 N–H and O–H groups in total. The van der Waals surface area contributed by atoms with Gasteiger partial charge in [-0.1, -0.05) is 19.9 Å². The molecular formula is C24H35N3O2. The SMILES string of the molecule is CN1C(=O)C=C[C@]2(C)[C@H]3CC[C@]4(C)[C@@H](C(=O)NC(C)(C)C#N)CC[C@H]4[C@@H]3CC[C@@H]12. The van der Waals surface area contributed by atoms with Crippen LogP contribution in [-0.4, -0.2) is 35.3 Å². The van der Waals surface area contributed by atoms with Crippen molar-refractivity contribution in [3.8, 4) is 6.07 Å². The largest absolute Gasteiger partial charge is 0.338 e. The molecule has 5 nitrogen and oxygen atoms in total. The fraction of sp³-hybridized carbons (Fsp3) is 0.792. The maximum absolute atomic E-state index is 13.1. The van der Waals surface area contributed by atoms with Crippen LogP contribution < -0.4 is 5.32 Å². The molecular weight excluding hydrogens is 362 g/mol. The van der Waals surface area contributed by atoms with Crippen LogP contribution in [0.4, 0.5) is 0 Å². The van der Waals surface area contributed by atoms with Crippen LogP contribution in [0, 0.1) is 45.8 Å². The van der Waals surface area contributed by atoms with Gasteiger partial charge in [0.25, 0.3) is 0 Å². The summed E-state index contributed by atoms with van der Waals surface area (Å²) >= 11 is 0. The molecule has 29 heavy (non-hydrogen) atoms. The molecule has 0 spiro atoms. The maximum Gasteiger partial charge on any atom is 0.246 e. The van der Waals surface area contributed by atoms with Crippen LogP contribution in [-0.2, 0) is 9.59 Å². The zero-order chi connectivity index (χ0) is 21.2. The minimum Gasteiger partial charge on any atom is -0.338 e. The first-order valence-corrected chi connectivity index (χ1v) is 11.2. The number of fused-ring (bicyclic) bond motifs is 5. The van der Waals surface area contributed by atoms with Crippen molar-refractivity contribution >= 4 is 11.8 Å². The second-order valence-corrected chi connectivity index (χ2v) is 11.0. The number of carbonyl (C=O) groups excluding carboxylic acids is 2. The molecule has 2 amide bonds. The lowest BCUT2D eigenvalue weighted by Gasteiger charge is -2.60. The first-order chi connectivity index (χ1) is 13.5. The van der Waals surface area contributed by atoms with Gasteiger partial charge in [0, 0.05) is 24.4 Å². The normalized spacial score (nSPS) is 43.8. The van der Waals surface area contributed by atoms with E-state index in [-0.39, 0.29) is 28.6 Å². The van der Waals surface area contributed by atoms with Gasteiger partial charge in [-0.2, -0.15) is 5.26 Å². The van der Waals surface area contributed by atoms with Crippen molar-refractivity contribution in [3.63, 3.8) is 0 Å². The standard InChI is InChI=1S/C24H35N3O2/c1-22(2,14-25)26-21(29)18-8-7-16-15-6-9-19-24(4,13-11-20(28)27(19)5)17(15)10-12-23(16,18)3/h11,13,15-19H,6-10,12H2,1-5H3,(H,26,29)/t15-,16-,17-,18+,19+,23-,24+/m0/s1. The third-order valence-electron chi connectivity index (χ3n) is 9.16. The molecule has 1 heterocycles. The zero-order valence-electron chi connectivity index (χ0n) is 18.5. The smallest absolute Gasteiger partial charge is 0.246 e. The van der Waals surface area contributed by atoms with Crippen molar-refractivity contribution in [1.82, 2.24) is 10.2 Å². The van der Waals surface area contributed by atoms with Gasteiger partial charge >= 0.3 is 0 Å². The molecule has 158 valence electrons. The van der Waals surface area contributed by atoms with E-state index >= 15 is 0 Å². The molecule has 0 aromatic carbocycles. The molecule has 0 radical (unpaired) electrons. The van der Waals surface area contributed by atoms with Gasteiger partial charge in [0.05, 0.1) is 6.07 Å². The summed E-state index contributed by atoms with van der Waals surface area (Å²) in [7, 11) is 1.95. The second kappa shape index (κ2) is 6.59. The van der Waals surface area contributed by atoms with Crippen LogP contribution in [0.5, 0.6) is 0 Å². The Morgan fingerprint density at radius 1 is 1.21 bits per heavy atom. The van der Waals surface area contributed by atoms with Crippen molar-refractivity contribution in [2.45, 2.75) is 77.8 Å². The first kappa shape index (κ1) is 20.4. The van der Waals surface area contributed by atoms with Gasteiger partial charge in [0.1, 0.15) is 5.54 Å². The molecule has 4 aliphatic rings. The van der Waals surface area contributed by atoms with E-state index in [1.807, 2.05) is 11.9 Å². The average Bonchev–Trinajstić information content (AvgIpc) is 3.02. The molecule has 0 unspecified atom stereocenters. The highest BCUT2D eigenvalue weighted by Gasteiger charge is 2.61. The number of hydrogen-bond donors (Lipinski definition) is 1. The highest BCUT2D eigenvalue weighted by atomic mass is 16.2. The third-order valence-corrected chi connectivity index (χ3v) is 9.16. The summed E-state index contributed by atoms with van der Waals surface area (Å²) in [6.45, 7) is 8.22. The molecule has 5 heteroatoms. The van der Waals surface area contributed by atoms with Gasteiger partial charge in [0.15, 0.2) is 0 Å². The van der Waals surface area contributed by atoms with Crippen LogP contribution >= 0.6 is 0 Å². The molecule has 0 aromatic heterocycles. The number of rotatable bonds is 2. The van der Waals surface area contributed by atoms with Crippen molar-refractivity contribution in [1.29, 1.82) is 5.26 Å². The predicted molar refractivity (Wildman–Crippen MR) is 111 cm³/mol. The molecule has 3 saturated carbocycles. The van der Waals surface area contributed by atoms with Crippen LogP contribution in [0.2, 0.25) is 0 Å². The Morgan fingerprint density at radius 3 is 2.62 bits per heavy atom. The van der Waals surface area contributed by atoms with Gasteiger partial charge in [-0.05, 0) is 81.6 Å². The lowest BCUT2D eigenvalue weighted by atomic mass is 9.47. The van der Waals surface area contributed by atoms with Gasteiger partial charge < -0.3 is 10.2 Å². The Morgan fingerprint density at radius 2 is 1.93 bits per heavy atom. The Labute approximate surface area is 174 Å². The number of carbonyl (C=O) groups is 2. The summed E-state index contributed by atoms with van der Waals surface area (Å²) in [6.07, 6.45) is 10.4. The molecule has 1 aliphatic heterocycles. The van der Waals surface area contributed by atoms with E-state index in [0.717, 1.165) is 38.5 Å². The fourth-order valence-electron chi connectivity index (χ4n) is 7.59. The minimum absolute atomic E-state index is 0.00208. The molecule has 0 saturated heterocycles. The monoisotopic (exact) mass is 397 g/mol. The lowest BCUT2D eigenvalue weighted by molar-refractivity contribution is -0.142. The maximum atomic E-state index is 13.1. The Bertz CT molecular complexity index is 796. The molecule has 3 fully saturated rings. The first-order valence-electron chi connectivity index (χ1n) is 11.2. The zero-order valence-corrected chi connectivity index (χ0v) is 18.5. The van der Waals surface area contributed by atoms with E-state index in [4.69, 9.17) is 0 Å². The van der Waals surface area contributed by atoms with Crippen molar-refractivity contribution < 1.29 is 9.59 Å².